The van der Waals surface area contributed by atoms with E-state index in [1.165, 1.54) is 5.57 Å². The smallest absolute Gasteiger partial charge is 0.334 e. The molecule has 43 heavy (non-hydrogen) atoms. The van der Waals surface area contributed by atoms with Crippen molar-refractivity contribution in [1.29, 1.82) is 0 Å². The molecule has 5 atom stereocenters. The molecule has 1 aliphatic carbocycles. The number of hydrogen-bond donors (Lipinski definition) is 1. The average Bonchev–Trinajstić information content (AvgIpc) is 2.93. The van der Waals surface area contributed by atoms with Gasteiger partial charge in [-0.25, -0.2) is 4.79 Å². The maximum Gasteiger partial charge on any atom is 0.334 e. The number of allylic oxidation sites excluding steroid dienone is 1. The molecule has 0 aromatic heterocycles. The van der Waals surface area contributed by atoms with Gasteiger partial charge in [0.1, 0.15) is 11.7 Å². The van der Waals surface area contributed by atoms with Gasteiger partial charge in [0.2, 0.25) is 0 Å². The zero-order valence-electron chi connectivity index (χ0n) is 28.2. The highest BCUT2D eigenvalue weighted by Gasteiger charge is 2.53. The number of carbonyl (C=O) groups is 1. The molecule has 1 fully saturated rings. The van der Waals surface area contributed by atoms with Gasteiger partial charge in [0.25, 0.3) is 8.32 Å². The zero-order chi connectivity index (χ0) is 32.2. The van der Waals surface area contributed by atoms with Crippen LogP contribution in [0, 0.1) is 17.3 Å². The highest BCUT2D eigenvalue weighted by Crippen LogP contribution is 2.51. The second kappa shape index (κ2) is 13.7. The van der Waals surface area contributed by atoms with Crippen LogP contribution in [0.2, 0.25) is 5.04 Å². The molecule has 5 heteroatoms. The molecule has 3 rings (SSSR count). The highest BCUT2D eigenvalue weighted by atomic mass is 28.4. The highest BCUT2D eigenvalue weighted by molar-refractivity contribution is 6.99. The Kier molecular flexibility index (Phi) is 11.1. The molecular formula is C38H56O4Si. The van der Waals surface area contributed by atoms with E-state index in [2.05, 4.69) is 96.3 Å². The van der Waals surface area contributed by atoms with Gasteiger partial charge >= 0.3 is 5.97 Å². The Balaban J connectivity index is 2.06. The van der Waals surface area contributed by atoms with Crippen LogP contribution in [-0.2, 0) is 14.0 Å². The van der Waals surface area contributed by atoms with Crippen LogP contribution >= 0.6 is 0 Å². The molecule has 0 aliphatic heterocycles. The first kappa shape index (κ1) is 35.0. The van der Waals surface area contributed by atoms with Crippen LogP contribution in [0.3, 0.4) is 0 Å². The van der Waals surface area contributed by atoms with Crippen LogP contribution in [0.4, 0.5) is 0 Å². The summed E-state index contributed by atoms with van der Waals surface area (Å²) in [7, 11) is -3.01. The van der Waals surface area contributed by atoms with Crippen molar-refractivity contribution in [2.24, 2.45) is 17.3 Å². The average molecular weight is 605 g/mol. The Labute approximate surface area is 262 Å². The molecule has 1 N–H and O–H groups in total. The van der Waals surface area contributed by atoms with Gasteiger partial charge in [-0.2, -0.15) is 0 Å². The number of benzene rings is 2. The van der Waals surface area contributed by atoms with Crippen LogP contribution in [0.5, 0.6) is 0 Å². The summed E-state index contributed by atoms with van der Waals surface area (Å²) < 4.78 is 13.4. The topological polar surface area (TPSA) is 55.8 Å². The van der Waals surface area contributed by atoms with Gasteiger partial charge in [-0.05, 0) is 92.5 Å². The number of rotatable bonds is 11. The zero-order valence-corrected chi connectivity index (χ0v) is 29.2. The summed E-state index contributed by atoms with van der Waals surface area (Å²) in [6.07, 6.45) is 2.69. The third kappa shape index (κ3) is 7.98. The normalized spacial score (nSPS) is 23.0. The van der Waals surface area contributed by atoms with Crippen molar-refractivity contribution in [3.63, 3.8) is 0 Å². The SMILES string of the molecule is C=C(C)[C@H](O)C[C@@H]1CC[C@H](C)[C@@](C)(CC[C@H](O[Si](c2ccccc2)(c2ccccc2)C(C)(C)C)C(=O)OC(C)(C)C)C1=C. The lowest BCUT2D eigenvalue weighted by atomic mass is 9.59. The lowest BCUT2D eigenvalue weighted by molar-refractivity contribution is -0.164. The Morgan fingerprint density at radius 2 is 1.51 bits per heavy atom. The van der Waals surface area contributed by atoms with Gasteiger partial charge in [0, 0.05) is 0 Å². The van der Waals surface area contributed by atoms with Gasteiger partial charge in [-0.3, -0.25) is 0 Å². The largest absolute Gasteiger partial charge is 0.458 e. The molecule has 2 aromatic carbocycles. The summed E-state index contributed by atoms with van der Waals surface area (Å²) in [6, 6.07) is 20.9. The minimum Gasteiger partial charge on any atom is -0.458 e. The molecule has 0 heterocycles. The fraction of sp³-hybridized carbons (Fsp3) is 0.553. The Morgan fingerprint density at radius 1 is 1.00 bits per heavy atom. The molecule has 4 nitrogen and oxygen atoms in total. The van der Waals surface area contributed by atoms with Crippen molar-refractivity contribution in [1.82, 2.24) is 0 Å². The van der Waals surface area contributed by atoms with Crippen LogP contribution < -0.4 is 10.4 Å². The minimum atomic E-state index is -3.01. The quantitative estimate of drug-likeness (QED) is 0.160. The van der Waals surface area contributed by atoms with E-state index in [1.807, 2.05) is 39.8 Å². The van der Waals surface area contributed by atoms with Crippen molar-refractivity contribution in [3.8, 4) is 0 Å². The molecule has 1 saturated carbocycles. The molecule has 0 amide bonds. The number of aliphatic hydroxyl groups excluding tert-OH is 1. The van der Waals surface area contributed by atoms with Crippen LogP contribution in [0.25, 0.3) is 0 Å². The van der Waals surface area contributed by atoms with Gasteiger partial charge in [-0.1, -0.05) is 120 Å². The summed E-state index contributed by atoms with van der Waals surface area (Å²) in [5, 5.41) is 12.6. The first-order valence-corrected chi connectivity index (χ1v) is 17.9. The van der Waals surface area contributed by atoms with Crippen molar-refractivity contribution in [3.05, 3.63) is 85.0 Å². The van der Waals surface area contributed by atoms with Crippen molar-refractivity contribution in [2.75, 3.05) is 0 Å². The molecule has 0 bridgehead atoms. The first-order chi connectivity index (χ1) is 19.9. The second-order valence-corrected chi connectivity index (χ2v) is 19.3. The monoisotopic (exact) mass is 604 g/mol. The number of aliphatic hydroxyl groups is 1. The second-order valence-electron chi connectivity index (χ2n) is 15.1. The predicted octanol–water partition coefficient (Wildman–Crippen LogP) is 7.99. The van der Waals surface area contributed by atoms with Crippen molar-refractivity contribution >= 4 is 24.7 Å². The van der Waals surface area contributed by atoms with E-state index < -0.39 is 26.1 Å². The minimum absolute atomic E-state index is 0.202. The van der Waals surface area contributed by atoms with E-state index in [1.54, 1.807) is 0 Å². The molecular weight excluding hydrogens is 549 g/mol. The Hall–Kier alpha value is -2.47. The summed E-state index contributed by atoms with van der Waals surface area (Å²) in [5.41, 5.74) is 1.11. The molecule has 0 saturated heterocycles. The molecule has 236 valence electrons. The first-order valence-electron chi connectivity index (χ1n) is 16.0. The molecule has 0 radical (unpaired) electrons. The molecule has 1 aliphatic rings. The van der Waals surface area contributed by atoms with Crippen LogP contribution in [0.15, 0.2) is 85.0 Å². The van der Waals surface area contributed by atoms with E-state index in [-0.39, 0.29) is 22.3 Å². The number of esters is 1. The Bertz CT molecular complexity index is 1200. The maximum atomic E-state index is 14.1. The van der Waals surface area contributed by atoms with E-state index in [0.29, 0.717) is 18.8 Å². The van der Waals surface area contributed by atoms with E-state index >= 15 is 0 Å². The van der Waals surface area contributed by atoms with Crippen molar-refractivity contribution in [2.45, 2.75) is 117 Å². The van der Waals surface area contributed by atoms with Gasteiger partial charge < -0.3 is 14.3 Å². The van der Waals surface area contributed by atoms with Crippen LogP contribution in [0.1, 0.15) is 94.4 Å². The van der Waals surface area contributed by atoms with E-state index in [0.717, 1.165) is 35.2 Å². The van der Waals surface area contributed by atoms with Gasteiger partial charge in [-0.15, -0.1) is 0 Å². The summed E-state index contributed by atoms with van der Waals surface area (Å²) in [5.74, 6) is 0.295. The third-order valence-corrected chi connectivity index (χ3v) is 14.7. The lowest BCUT2D eigenvalue weighted by Crippen LogP contribution is -2.68. The fourth-order valence-electron chi connectivity index (χ4n) is 6.79. The van der Waals surface area contributed by atoms with E-state index in [9.17, 15) is 9.90 Å². The summed E-state index contributed by atoms with van der Waals surface area (Å²) in [6.45, 7) is 27.5. The maximum absolute atomic E-state index is 14.1. The number of ether oxygens (including phenoxy) is 1. The van der Waals surface area contributed by atoms with Crippen LogP contribution in [-0.4, -0.2) is 37.2 Å². The summed E-state index contributed by atoms with van der Waals surface area (Å²) in [4.78, 5) is 14.1. The molecule has 0 unspecified atom stereocenters. The predicted molar refractivity (Wildman–Crippen MR) is 182 cm³/mol. The van der Waals surface area contributed by atoms with Gasteiger partial charge in [0.05, 0.1) is 6.10 Å². The number of carbonyl (C=O) groups excluding carboxylic acids is 1. The standard InChI is InChI=1S/C38H56O4Si/c1-27(2)33(39)26-30-23-22-28(3)38(11,29(30)4)25-24-34(35(40)41-36(5,6)7)42-43(37(8,9)10,31-18-14-12-15-19-31)32-20-16-13-17-21-32/h12-21,28,30,33-34,39H,1,4,22-26H2,2-3,5-11H3/t28-,30-,33+,34-,38+/m0/s1. The molecule has 2 aromatic rings. The lowest BCUT2D eigenvalue weighted by Gasteiger charge is -2.48. The van der Waals surface area contributed by atoms with Gasteiger partial charge in [0.15, 0.2) is 0 Å². The van der Waals surface area contributed by atoms with Crippen molar-refractivity contribution < 1.29 is 19.1 Å². The number of hydrogen-bond acceptors (Lipinski definition) is 4. The van der Waals surface area contributed by atoms with E-state index in [4.69, 9.17) is 9.16 Å². The Morgan fingerprint density at radius 3 is 1.95 bits per heavy atom. The fourth-order valence-corrected chi connectivity index (χ4v) is 11.4. The molecule has 0 spiro atoms. The summed E-state index contributed by atoms with van der Waals surface area (Å²) >= 11 is 0. The third-order valence-electron chi connectivity index (χ3n) is 9.67.